The summed E-state index contributed by atoms with van der Waals surface area (Å²) in [5.41, 5.74) is 7.88. The van der Waals surface area contributed by atoms with Crippen LogP contribution < -0.4 is 17.0 Å². The number of nitrogens with zero attached hydrogens (tertiary/aromatic N) is 4. The van der Waals surface area contributed by atoms with Crippen molar-refractivity contribution in [3.8, 4) is 5.82 Å². The van der Waals surface area contributed by atoms with E-state index in [9.17, 15) is 0 Å². The minimum Gasteiger partial charge on any atom is -0.368 e. The molecule has 0 saturated heterocycles. The summed E-state index contributed by atoms with van der Waals surface area (Å²) < 4.78 is 1.57. The largest absolute Gasteiger partial charge is 0.368 e. The Morgan fingerprint density at radius 2 is 2.21 bits per heavy atom. The van der Waals surface area contributed by atoms with E-state index in [1.165, 1.54) is 0 Å². The van der Waals surface area contributed by atoms with Crippen molar-refractivity contribution in [3.63, 3.8) is 0 Å². The molecule has 0 aliphatic rings. The molecule has 0 radical (unpaired) electrons. The van der Waals surface area contributed by atoms with E-state index in [0.717, 1.165) is 0 Å². The quantitative estimate of drug-likeness (QED) is 0.437. The Hall–Kier alpha value is -2.15. The molecule has 0 bridgehead atoms. The van der Waals surface area contributed by atoms with E-state index in [1.54, 1.807) is 29.2 Å². The average Bonchev–Trinajstić information content (AvgIpc) is 2.69. The van der Waals surface area contributed by atoms with Gasteiger partial charge in [-0.1, -0.05) is 0 Å². The molecular formula is C7H9N7. The molecule has 0 spiro atoms. The van der Waals surface area contributed by atoms with Crippen LogP contribution in [0.1, 0.15) is 0 Å². The van der Waals surface area contributed by atoms with E-state index in [0.29, 0.717) is 11.6 Å². The van der Waals surface area contributed by atoms with Crippen molar-refractivity contribution in [2.75, 3.05) is 11.2 Å². The Labute approximate surface area is 79.7 Å². The summed E-state index contributed by atoms with van der Waals surface area (Å²) >= 11 is 0. The first-order valence-electron chi connectivity index (χ1n) is 3.91. The molecule has 0 amide bonds. The van der Waals surface area contributed by atoms with Crippen molar-refractivity contribution in [2.45, 2.75) is 0 Å². The van der Waals surface area contributed by atoms with Gasteiger partial charge in [0.05, 0.1) is 0 Å². The molecule has 2 aromatic rings. The minimum atomic E-state index is 0.144. The van der Waals surface area contributed by atoms with Crippen molar-refractivity contribution in [3.05, 3.63) is 24.5 Å². The molecule has 7 heteroatoms. The second-order valence-electron chi connectivity index (χ2n) is 2.56. The molecule has 2 rings (SSSR count). The summed E-state index contributed by atoms with van der Waals surface area (Å²) in [5.74, 6) is 6.37. The topological polar surface area (TPSA) is 108 Å². The lowest BCUT2D eigenvalue weighted by Crippen LogP contribution is -2.12. The number of hydrogen-bond donors (Lipinski definition) is 3. The van der Waals surface area contributed by atoms with E-state index in [4.69, 9.17) is 11.6 Å². The zero-order valence-corrected chi connectivity index (χ0v) is 7.25. The van der Waals surface area contributed by atoms with E-state index in [-0.39, 0.29) is 5.95 Å². The van der Waals surface area contributed by atoms with Gasteiger partial charge in [0.15, 0.2) is 5.82 Å². The molecular weight excluding hydrogens is 182 g/mol. The summed E-state index contributed by atoms with van der Waals surface area (Å²) in [4.78, 5) is 7.85. The lowest BCUT2D eigenvalue weighted by Gasteiger charge is -2.04. The first-order valence-corrected chi connectivity index (χ1v) is 3.91. The van der Waals surface area contributed by atoms with Gasteiger partial charge in [-0.15, -0.1) is 0 Å². The fourth-order valence-electron chi connectivity index (χ4n) is 1.05. The molecule has 72 valence electrons. The van der Waals surface area contributed by atoms with Gasteiger partial charge in [-0.05, 0) is 6.07 Å². The third kappa shape index (κ3) is 1.48. The average molecular weight is 191 g/mol. The fourth-order valence-corrected chi connectivity index (χ4v) is 1.05. The molecule has 0 aliphatic carbocycles. The summed E-state index contributed by atoms with van der Waals surface area (Å²) in [7, 11) is 0. The lowest BCUT2D eigenvalue weighted by molar-refractivity contribution is 0.843. The second kappa shape index (κ2) is 3.30. The molecule has 0 aromatic carbocycles. The van der Waals surface area contributed by atoms with Crippen molar-refractivity contribution in [1.82, 2.24) is 19.7 Å². The highest BCUT2D eigenvalue weighted by molar-refractivity contribution is 5.44. The SMILES string of the molecule is NNc1cc(-n2cccn2)nc(N)n1. The summed E-state index contributed by atoms with van der Waals surface area (Å²) in [5, 5.41) is 4.01. The van der Waals surface area contributed by atoms with Gasteiger partial charge in [-0.25, -0.2) is 10.5 Å². The van der Waals surface area contributed by atoms with Gasteiger partial charge < -0.3 is 11.2 Å². The number of aromatic nitrogens is 4. The first-order chi connectivity index (χ1) is 6.79. The van der Waals surface area contributed by atoms with Crippen LogP contribution in [0.15, 0.2) is 24.5 Å². The fraction of sp³-hybridized carbons (Fsp3) is 0. The molecule has 5 N–H and O–H groups in total. The minimum absolute atomic E-state index is 0.144. The van der Waals surface area contributed by atoms with Crippen molar-refractivity contribution >= 4 is 11.8 Å². The van der Waals surface area contributed by atoms with E-state index in [2.05, 4.69) is 20.5 Å². The molecule has 0 unspecified atom stereocenters. The number of rotatable bonds is 2. The van der Waals surface area contributed by atoms with Gasteiger partial charge in [0.2, 0.25) is 5.95 Å². The Morgan fingerprint density at radius 3 is 2.86 bits per heavy atom. The van der Waals surface area contributed by atoms with Gasteiger partial charge in [0.25, 0.3) is 0 Å². The van der Waals surface area contributed by atoms with Crippen LogP contribution >= 0.6 is 0 Å². The molecule has 0 aliphatic heterocycles. The van der Waals surface area contributed by atoms with E-state index >= 15 is 0 Å². The van der Waals surface area contributed by atoms with Crippen LogP contribution in [0.2, 0.25) is 0 Å². The third-order valence-corrected chi connectivity index (χ3v) is 1.62. The lowest BCUT2D eigenvalue weighted by atomic mass is 10.5. The highest BCUT2D eigenvalue weighted by Gasteiger charge is 2.02. The van der Waals surface area contributed by atoms with Crippen LogP contribution in [0.25, 0.3) is 5.82 Å². The Kier molecular flexibility index (Phi) is 1.99. The number of hydrogen-bond acceptors (Lipinski definition) is 6. The van der Waals surface area contributed by atoms with Crippen LogP contribution in [0.3, 0.4) is 0 Å². The summed E-state index contributed by atoms with van der Waals surface area (Å²) in [6, 6.07) is 3.43. The predicted octanol–water partition coefficient (Wildman–Crippen LogP) is -0.470. The highest BCUT2D eigenvalue weighted by atomic mass is 15.3. The zero-order valence-electron chi connectivity index (χ0n) is 7.25. The number of anilines is 2. The number of hydrazine groups is 1. The number of nitrogens with one attached hydrogen (secondary N) is 1. The third-order valence-electron chi connectivity index (χ3n) is 1.62. The molecule has 7 nitrogen and oxygen atoms in total. The van der Waals surface area contributed by atoms with Crippen LogP contribution in [-0.4, -0.2) is 19.7 Å². The molecule has 0 atom stereocenters. The van der Waals surface area contributed by atoms with Gasteiger partial charge in [0.1, 0.15) is 5.82 Å². The van der Waals surface area contributed by atoms with Crippen molar-refractivity contribution in [2.24, 2.45) is 5.84 Å². The van der Waals surface area contributed by atoms with Gasteiger partial charge in [0, 0.05) is 18.5 Å². The molecule has 0 fully saturated rings. The summed E-state index contributed by atoms with van der Waals surface area (Å²) in [6.07, 6.45) is 3.40. The maximum atomic E-state index is 5.48. The van der Waals surface area contributed by atoms with E-state index < -0.39 is 0 Å². The molecule has 2 heterocycles. The Balaban J connectivity index is 2.48. The number of nitrogen functional groups attached to an aromatic ring is 2. The molecule has 2 aromatic heterocycles. The normalized spacial score (nSPS) is 10.1. The molecule has 14 heavy (non-hydrogen) atoms. The van der Waals surface area contributed by atoms with Crippen LogP contribution in [-0.2, 0) is 0 Å². The predicted molar refractivity (Wildman–Crippen MR) is 51.4 cm³/mol. The zero-order chi connectivity index (χ0) is 9.97. The van der Waals surface area contributed by atoms with Crippen LogP contribution in [0, 0.1) is 0 Å². The second-order valence-corrected chi connectivity index (χ2v) is 2.56. The highest BCUT2D eigenvalue weighted by Crippen LogP contribution is 2.09. The Bertz CT molecular complexity index is 422. The standard InChI is InChI=1S/C7H9N7/c8-7-11-5(13-9)4-6(12-7)14-3-1-2-10-14/h1-4H,9H2,(H3,8,11,12,13). The number of nitrogens with two attached hydrogens (primary N) is 2. The van der Waals surface area contributed by atoms with Crippen molar-refractivity contribution < 1.29 is 0 Å². The Morgan fingerprint density at radius 1 is 1.36 bits per heavy atom. The van der Waals surface area contributed by atoms with Crippen molar-refractivity contribution in [1.29, 1.82) is 0 Å². The summed E-state index contributed by atoms with van der Waals surface area (Å²) in [6.45, 7) is 0. The van der Waals surface area contributed by atoms with Crippen LogP contribution in [0.5, 0.6) is 0 Å². The maximum absolute atomic E-state index is 5.48. The first kappa shape index (κ1) is 8.45. The smallest absolute Gasteiger partial charge is 0.224 e. The van der Waals surface area contributed by atoms with Gasteiger partial charge >= 0.3 is 0 Å². The van der Waals surface area contributed by atoms with Crippen LogP contribution in [0.4, 0.5) is 11.8 Å². The van der Waals surface area contributed by atoms with Gasteiger partial charge in [-0.3, -0.25) is 0 Å². The van der Waals surface area contributed by atoms with Gasteiger partial charge in [-0.2, -0.15) is 15.1 Å². The maximum Gasteiger partial charge on any atom is 0.224 e. The monoisotopic (exact) mass is 191 g/mol. The molecule has 0 saturated carbocycles. The van der Waals surface area contributed by atoms with E-state index in [1.807, 2.05) is 0 Å².